The molecule has 0 saturated heterocycles. The molecule has 7 nitrogen and oxygen atoms in total. The monoisotopic (exact) mass is 414 g/mol. The summed E-state index contributed by atoms with van der Waals surface area (Å²) in [5.41, 5.74) is 3.56. The first-order valence-electron chi connectivity index (χ1n) is 9.76. The van der Waals surface area contributed by atoms with Gasteiger partial charge in [0.25, 0.3) is 5.91 Å². The molecule has 3 heterocycles. The first-order chi connectivity index (χ1) is 15.1. The smallest absolute Gasteiger partial charge is 0.276 e. The van der Waals surface area contributed by atoms with Crippen LogP contribution >= 0.6 is 0 Å². The molecule has 0 aliphatic rings. The van der Waals surface area contributed by atoms with Gasteiger partial charge in [0.15, 0.2) is 11.3 Å². The molecule has 0 radical (unpaired) electrons. The Morgan fingerprint density at radius 3 is 2.81 bits per heavy atom. The van der Waals surface area contributed by atoms with Crippen molar-refractivity contribution in [2.75, 3.05) is 17.3 Å². The second-order valence-corrected chi connectivity index (χ2v) is 7.32. The topological polar surface area (TPSA) is 78.3 Å². The van der Waals surface area contributed by atoms with Crippen LogP contribution in [0, 0.1) is 5.82 Å². The van der Waals surface area contributed by atoms with E-state index in [1.807, 2.05) is 54.5 Å². The van der Waals surface area contributed by atoms with Crippen LogP contribution < -0.4 is 10.2 Å². The lowest BCUT2D eigenvalue weighted by atomic mass is 10.2. The molecule has 0 spiro atoms. The highest BCUT2D eigenvalue weighted by atomic mass is 19.1. The minimum atomic E-state index is -0.298. The molecular weight excluding hydrogens is 395 g/mol. The zero-order valence-electron chi connectivity index (χ0n) is 16.7. The molecule has 154 valence electrons. The lowest BCUT2D eigenvalue weighted by Gasteiger charge is -2.18. The van der Waals surface area contributed by atoms with Crippen molar-refractivity contribution in [3.63, 3.8) is 0 Å². The van der Waals surface area contributed by atoms with E-state index < -0.39 is 0 Å². The van der Waals surface area contributed by atoms with E-state index in [0.29, 0.717) is 29.4 Å². The number of nitrogens with one attached hydrogen (secondary N) is 2. The van der Waals surface area contributed by atoms with Crippen LogP contribution in [-0.4, -0.2) is 32.5 Å². The molecule has 5 aromatic rings. The first-order valence-corrected chi connectivity index (χ1v) is 9.76. The van der Waals surface area contributed by atoms with Gasteiger partial charge in [-0.3, -0.25) is 4.79 Å². The van der Waals surface area contributed by atoms with Crippen molar-refractivity contribution < 1.29 is 9.18 Å². The van der Waals surface area contributed by atoms with E-state index in [0.717, 1.165) is 16.5 Å². The fourth-order valence-corrected chi connectivity index (χ4v) is 3.49. The summed E-state index contributed by atoms with van der Waals surface area (Å²) in [6.07, 6.45) is 3.37. The van der Waals surface area contributed by atoms with Crippen molar-refractivity contribution in [3.8, 4) is 0 Å². The molecule has 1 amide bonds. The number of carbonyl (C=O) groups excluding carboxylic acids is 1. The highest BCUT2D eigenvalue weighted by Gasteiger charge is 2.15. The van der Waals surface area contributed by atoms with Gasteiger partial charge in [-0.25, -0.2) is 13.9 Å². The number of amides is 1. The van der Waals surface area contributed by atoms with Gasteiger partial charge in [-0.05, 0) is 54.1 Å². The van der Waals surface area contributed by atoms with Crippen molar-refractivity contribution in [2.45, 2.75) is 6.54 Å². The van der Waals surface area contributed by atoms with Crippen LogP contribution in [0.2, 0.25) is 0 Å². The van der Waals surface area contributed by atoms with E-state index in [1.165, 1.54) is 22.8 Å². The summed E-state index contributed by atoms with van der Waals surface area (Å²) in [6, 6.07) is 17.6. The van der Waals surface area contributed by atoms with Crippen LogP contribution in [0.4, 0.5) is 15.9 Å². The standard InChI is InChI=1S/C23H19FN6O/c1-29(14-15-2-4-17(24)5-3-15)22-9-8-21-26-13-20(30(21)28-22)23(31)27-18-6-7-19-16(12-18)10-11-25-19/h2-13,25H,14H2,1H3,(H,27,31). The average molecular weight is 414 g/mol. The molecule has 0 unspecified atom stereocenters. The van der Waals surface area contributed by atoms with Crippen molar-refractivity contribution in [1.82, 2.24) is 19.6 Å². The molecular formula is C23H19FN6O. The quantitative estimate of drug-likeness (QED) is 0.451. The van der Waals surface area contributed by atoms with Crippen LogP contribution in [0.15, 0.2) is 73.1 Å². The number of H-pyrrole nitrogens is 1. The van der Waals surface area contributed by atoms with Gasteiger partial charge in [-0.1, -0.05) is 12.1 Å². The van der Waals surface area contributed by atoms with Gasteiger partial charge in [0, 0.05) is 36.4 Å². The number of benzene rings is 2. The SMILES string of the molecule is CN(Cc1ccc(F)cc1)c1ccc2ncc(C(=O)Nc3ccc4[nH]ccc4c3)n2n1. The number of aromatic nitrogens is 4. The zero-order chi connectivity index (χ0) is 21.4. The number of aromatic amines is 1. The lowest BCUT2D eigenvalue weighted by Crippen LogP contribution is -2.20. The second-order valence-electron chi connectivity index (χ2n) is 7.32. The van der Waals surface area contributed by atoms with Crippen molar-refractivity contribution >= 4 is 34.0 Å². The van der Waals surface area contributed by atoms with E-state index in [1.54, 1.807) is 12.1 Å². The predicted molar refractivity (Wildman–Crippen MR) is 118 cm³/mol. The fourth-order valence-electron chi connectivity index (χ4n) is 3.49. The van der Waals surface area contributed by atoms with E-state index >= 15 is 0 Å². The summed E-state index contributed by atoms with van der Waals surface area (Å²) < 4.78 is 14.7. The molecule has 2 aromatic carbocycles. The number of nitrogens with zero attached hydrogens (tertiary/aromatic N) is 4. The Morgan fingerprint density at radius 2 is 1.97 bits per heavy atom. The fraction of sp³-hybridized carbons (Fsp3) is 0.0870. The van der Waals surface area contributed by atoms with Gasteiger partial charge in [0.1, 0.15) is 11.6 Å². The minimum absolute atomic E-state index is 0.268. The number of fused-ring (bicyclic) bond motifs is 2. The maximum absolute atomic E-state index is 13.1. The number of imidazole rings is 1. The Hall–Kier alpha value is -4.20. The maximum Gasteiger partial charge on any atom is 0.276 e. The van der Waals surface area contributed by atoms with Crippen LogP contribution in [0.5, 0.6) is 0 Å². The Balaban J connectivity index is 1.40. The summed E-state index contributed by atoms with van der Waals surface area (Å²) in [7, 11) is 1.89. The number of carbonyl (C=O) groups is 1. The number of anilines is 2. The summed E-state index contributed by atoms with van der Waals surface area (Å²) >= 11 is 0. The third kappa shape index (κ3) is 3.71. The third-order valence-corrected chi connectivity index (χ3v) is 5.12. The van der Waals surface area contributed by atoms with Gasteiger partial charge in [-0.2, -0.15) is 0 Å². The van der Waals surface area contributed by atoms with Gasteiger partial charge in [0.2, 0.25) is 0 Å². The summed E-state index contributed by atoms with van der Waals surface area (Å²) in [5.74, 6) is 0.0986. The minimum Gasteiger partial charge on any atom is -0.361 e. The van der Waals surface area contributed by atoms with Crippen LogP contribution in [0.1, 0.15) is 16.1 Å². The Morgan fingerprint density at radius 1 is 1.13 bits per heavy atom. The Kier molecular flexibility index (Phi) is 4.59. The van der Waals surface area contributed by atoms with Gasteiger partial charge in [-0.15, -0.1) is 5.10 Å². The zero-order valence-corrected chi connectivity index (χ0v) is 16.7. The maximum atomic E-state index is 13.1. The summed E-state index contributed by atoms with van der Waals surface area (Å²) in [6.45, 7) is 0.547. The molecule has 0 bridgehead atoms. The molecule has 0 saturated carbocycles. The van der Waals surface area contributed by atoms with Crippen LogP contribution in [-0.2, 0) is 6.54 Å². The molecule has 0 aliphatic heterocycles. The van der Waals surface area contributed by atoms with E-state index in [4.69, 9.17) is 0 Å². The first kappa shape index (κ1) is 18.8. The number of rotatable bonds is 5. The number of halogens is 1. The summed E-state index contributed by atoms with van der Waals surface area (Å²) in [4.78, 5) is 22.2. The summed E-state index contributed by atoms with van der Waals surface area (Å²) in [5, 5.41) is 8.52. The lowest BCUT2D eigenvalue weighted by molar-refractivity contribution is 0.102. The Bertz CT molecular complexity index is 1390. The Labute approximate surface area is 177 Å². The highest BCUT2D eigenvalue weighted by molar-refractivity contribution is 6.04. The van der Waals surface area contributed by atoms with Crippen LogP contribution in [0.25, 0.3) is 16.6 Å². The molecule has 0 fully saturated rings. The second kappa shape index (κ2) is 7.56. The normalized spacial score (nSPS) is 11.2. The van der Waals surface area contributed by atoms with E-state index in [9.17, 15) is 9.18 Å². The van der Waals surface area contributed by atoms with Crippen LogP contribution in [0.3, 0.4) is 0 Å². The van der Waals surface area contributed by atoms with Gasteiger partial charge in [0.05, 0.1) is 6.20 Å². The molecule has 8 heteroatoms. The number of hydrogen-bond donors (Lipinski definition) is 2. The van der Waals surface area contributed by atoms with Gasteiger partial charge < -0.3 is 15.2 Å². The molecule has 31 heavy (non-hydrogen) atoms. The van der Waals surface area contributed by atoms with Gasteiger partial charge >= 0.3 is 0 Å². The average Bonchev–Trinajstić information content (AvgIpc) is 3.41. The molecule has 2 N–H and O–H groups in total. The highest BCUT2D eigenvalue weighted by Crippen LogP contribution is 2.19. The van der Waals surface area contributed by atoms with E-state index in [2.05, 4.69) is 20.4 Å². The van der Waals surface area contributed by atoms with Crippen molar-refractivity contribution in [1.29, 1.82) is 0 Å². The van der Waals surface area contributed by atoms with E-state index in [-0.39, 0.29) is 11.7 Å². The molecule has 0 aliphatic carbocycles. The van der Waals surface area contributed by atoms with Crippen molar-refractivity contribution in [2.24, 2.45) is 0 Å². The van der Waals surface area contributed by atoms with Crippen molar-refractivity contribution in [3.05, 3.63) is 90.1 Å². The molecule has 5 rings (SSSR count). The predicted octanol–water partition coefficient (Wildman–Crippen LogP) is 4.24. The largest absolute Gasteiger partial charge is 0.361 e. The molecule has 3 aromatic heterocycles. The number of hydrogen-bond acceptors (Lipinski definition) is 4. The molecule has 0 atom stereocenters. The third-order valence-electron chi connectivity index (χ3n) is 5.12.